The van der Waals surface area contributed by atoms with Crippen LogP contribution < -0.4 is 9.39 Å². The van der Waals surface area contributed by atoms with Gasteiger partial charge in [-0.15, -0.1) is 0 Å². The molecule has 5 nitrogen and oxygen atoms in total. The first-order valence-electron chi connectivity index (χ1n) is 4.07. The molecule has 0 spiro atoms. The topological polar surface area (TPSA) is 68.2 Å². The van der Waals surface area contributed by atoms with Crippen LogP contribution in [0.15, 0.2) is 18.2 Å². The molecule has 0 radical (unpaired) electrons. The zero-order valence-corrected chi connectivity index (χ0v) is 8.01. The lowest BCUT2D eigenvalue weighted by atomic mass is 10.2. The second kappa shape index (κ2) is 5.55. The monoisotopic (exact) mass is 216 g/mol. The first kappa shape index (κ1) is 11.8. The average molecular weight is 216 g/mol. The van der Waals surface area contributed by atoms with Crippen molar-refractivity contribution >= 4 is 7.32 Å². The summed E-state index contributed by atoms with van der Waals surface area (Å²) in [7, 11) is -0.563. The lowest BCUT2D eigenvalue weighted by Crippen LogP contribution is -2.20. The van der Waals surface area contributed by atoms with Gasteiger partial charge in [-0.05, 0) is 12.1 Å². The van der Waals surface area contributed by atoms with E-state index >= 15 is 0 Å². The largest absolute Gasteiger partial charge is 0.707 e. The van der Waals surface area contributed by atoms with Crippen molar-refractivity contribution in [3.63, 3.8) is 0 Å². The molecule has 0 fully saturated rings. The van der Waals surface area contributed by atoms with Gasteiger partial charge in [0.2, 0.25) is 0 Å². The Balaban J connectivity index is 2.69. The molecule has 0 aromatic heterocycles. The number of hydrogen-bond donors (Lipinski definition) is 2. The fourth-order valence-corrected chi connectivity index (χ4v) is 0.916. The van der Waals surface area contributed by atoms with Crippen LogP contribution in [0.4, 0.5) is 4.39 Å². The first-order chi connectivity index (χ1) is 7.13. The summed E-state index contributed by atoms with van der Waals surface area (Å²) in [4.78, 5) is 0. The standard InChI is InChI=1S/C8H10BFO5/c1-13-5-14-8-3-2-6(4-7(8)10)15-9(11)12/h2-4,11-12H,5H2,1H3. The Hall–Kier alpha value is -1.31. The zero-order chi connectivity index (χ0) is 11.3. The van der Waals surface area contributed by atoms with Crippen LogP contribution in [0.1, 0.15) is 0 Å². The highest BCUT2D eigenvalue weighted by Crippen LogP contribution is 2.22. The molecule has 0 aliphatic rings. The first-order valence-corrected chi connectivity index (χ1v) is 4.07. The van der Waals surface area contributed by atoms with Crippen molar-refractivity contribution in [3.05, 3.63) is 24.0 Å². The van der Waals surface area contributed by atoms with Crippen molar-refractivity contribution in [2.24, 2.45) is 0 Å². The highest BCUT2D eigenvalue weighted by atomic mass is 19.1. The smallest absolute Gasteiger partial charge is 0.512 e. The predicted molar refractivity (Wildman–Crippen MR) is 49.7 cm³/mol. The summed E-state index contributed by atoms with van der Waals surface area (Å²) in [5, 5.41) is 16.9. The highest BCUT2D eigenvalue weighted by molar-refractivity contribution is 6.33. The summed E-state index contributed by atoms with van der Waals surface area (Å²) in [5.41, 5.74) is 0. The normalized spacial score (nSPS) is 9.87. The molecular weight excluding hydrogens is 206 g/mol. The Labute approximate surface area is 86.2 Å². The van der Waals surface area contributed by atoms with Crippen LogP contribution in [0.25, 0.3) is 0 Å². The van der Waals surface area contributed by atoms with Gasteiger partial charge < -0.3 is 24.2 Å². The summed E-state index contributed by atoms with van der Waals surface area (Å²) < 4.78 is 27.1. The molecule has 0 saturated carbocycles. The van der Waals surface area contributed by atoms with Crippen molar-refractivity contribution in [3.8, 4) is 11.5 Å². The van der Waals surface area contributed by atoms with Gasteiger partial charge in [-0.3, -0.25) is 0 Å². The number of halogens is 1. The van der Waals surface area contributed by atoms with E-state index in [0.29, 0.717) is 0 Å². The molecule has 0 aliphatic carbocycles. The van der Waals surface area contributed by atoms with Crippen LogP contribution in [0.2, 0.25) is 0 Å². The third-order valence-corrected chi connectivity index (χ3v) is 1.48. The summed E-state index contributed by atoms with van der Waals surface area (Å²) in [6.45, 7) is -0.0697. The molecule has 0 saturated heterocycles. The molecule has 1 aromatic carbocycles. The van der Waals surface area contributed by atoms with Crippen molar-refractivity contribution in [1.29, 1.82) is 0 Å². The van der Waals surface area contributed by atoms with Crippen LogP contribution >= 0.6 is 0 Å². The van der Waals surface area contributed by atoms with Gasteiger partial charge in [-0.25, -0.2) is 4.39 Å². The molecular formula is C8H10BFO5. The van der Waals surface area contributed by atoms with Gasteiger partial charge in [-0.1, -0.05) is 0 Å². The Kier molecular flexibility index (Phi) is 4.35. The summed E-state index contributed by atoms with van der Waals surface area (Å²) >= 11 is 0. The maximum absolute atomic E-state index is 13.2. The van der Waals surface area contributed by atoms with E-state index in [9.17, 15) is 4.39 Å². The van der Waals surface area contributed by atoms with Crippen molar-refractivity contribution < 1.29 is 28.6 Å². The maximum atomic E-state index is 13.2. The molecule has 82 valence electrons. The van der Waals surface area contributed by atoms with E-state index in [-0.39, 0.29) is 18.3 Å². The highest BCUT2D eigenvalue weighted by Gasteiger charge is 2.13. The number of methoxy groups -OCH3 is 1. The van der Waals surface area contributed by atoms with Crippen LogP contribution in [0, 0.1) is 5.82 Å². The van der Waals surface area contributed by atoms with Gasteiger partial charge in [0.25, 0.3) is 0 Å². The Morgan fingerprint density at radius 3 is 2.67 bits per heavy atom. The fraction of sp³-hybridized carbons (Fsp3) is 0.250. The van der Waals surface area contributed by atoms with E-state index in [0.717, 1.165) is 6.07 Å². The van der Waals surface area contributed by atoms with Gasteiger partial charge >= 0.3 is 7.32 Å². The van der Waals surface area contributed by atoms with Crippen molar-refractivity contribution in [1.82, 2.24) is 0 Å². The molecule has 2 N–H and O–H groups in total. The van der Waals surface area contributed by atoms with Gasteiger partial charge in [0.15, 0.2) is 18.4 Å². The van der Waals surface area contributed by atoms with E-state index in [1.165, 1.54) is 19.2 Å². The van der Waals surface area contributed by atoms with Crippen LogP contribution in [0.3, 0.4) is 0 Å². The number of ether oxygens (including phenoxy) is 2. The minimum Gasteiger partial charge on any atom is -0.512 e. The third-order valence-electron chi connectivity index (χ3n) is 1.48. The molecule has 0 atom stereocenters. The molecule has 0 heterocycles. The van der Waals surface area contributed by atoms with E-state index in [1.807, 2.05) is 0 Å². The summed E-state index contributed by atoms with van der Waals surface area (Å²) in [5.74, 6) is -0.686. The maximum Gasteiger partial charge on any atom is 0.707 e. The van der Waals surface area contributed by atoms with E-state index < -0.39 is 13.1 Å². The summed E-state index contributed by atoms with van der Waals surface area (Å²) in [6.07, 6.45) is 0. The van der Waals surface area contributed by atoms with Crippen LogP contribution in [-0.2, 0) is 4.74 Å². The minimum absolute atomic E-state index is 0.00312. The van der Waals surface area contributed by atoms with E-state index in [1.54, 1.807) is 0 Å². The summed E-state index contributed by atoms with van der Waals surface area (Å²) in [6, 6.07) is 3.62. The third kappa shape index (κ3) is 3.74. The van der Waals surface area contributed by atoms with Crippen LogP contribution in [0.5, 0.6) is 11.5 Å². The number of rotatable bonds is 5. The lowest BCUT2D eigenvalue weighted by molar-refractivity contribution is 0.0482. The van der Waals surface area contributed by atoms with Gasteiger partial charge in [-0.2, -0.15) is 0 Å². The molecule has 7 heteroatoms. The molecule has 1 aromatic rings. The van der Waals surface area contributed by atoms with Gasteiger partial charge in [0, 0.05) is 13.2 Å². The fourth-order valence-electron chi connectivity index (χ4n) is 0.916. The van der Waals surface area contributed by atoms with E-state index in [2.05, 4.69) is 9.39 Å². The van der Waals surface area contributed by atoms with Crippen molar-refractivity contribution in [2.75, 3.05) is 13.9 Å². The average Bonchev–Trinajstić information content (AvgIpc) is 2.15. The van der Waals surface area contributed by atoms with Gasteiger partial charge in [0.05, 0.1) is 0 Å². The second-order valence-corrected chi connectivity index (χ2v) is 2.59. The number of hydrogen-bond acceptors (Lipinski definition) is 5. The molecule has 1 rings (SSSR count). The minimum atomic E-state index is -1.98. The lowest BCUT2D eigenvalue weighted by Gasteiger charge is -2.08. The van der Waals surface area contributed by atoms with Crippen LogP contribution in [-0.4, -0.2) is 31.3 Å². The SMILES string of the molecule is COCOc1ccc(OB(O)O)cc1F. The molecule has 0 bridgehead atoms. The Bertz CT molecular complexity index is 320. The predicted octanol–water partition coefficient (Wildman–Crippen LogP) is 0.157. The Morgan fingerprint density at radius 1 is 1.40 bits per heavy atom. The molecule has 0 amide bonds. The van der Waals surface area contributed by atoms with E-state index in [4.69, 9.17) is 14.8 Å². The zero-order valence-electron chi connectivity index (χ0n) is 8.01. The Morgan fingerprint density at radius 2 is 2.13 bits per heavy atom. The number of benzene rings is 1. The molecule has 15 heavy (non-hydrogen) atoms. The van der Waals surface area contributed by atoms with Gasteiger partial charge in [0.1, 0.15) is 5.75 Å². The second-order valence-electron chi connectivity index (χ2n) is 2.59. The van der Waals surface area contributed by atoms with Crippen molar-refractivity contribution in [2.45, 2.75) is 0 Å². The molecule has 0 aliphatic heterocycles. The molecule has 0 unspecified atom stereocenters. The quantitative estimate of drug-likeness (QED) is 0.541.